The summed E-state index contributed by atoms with van der Waals surface area (Å²) in [5.74, 6) is -0.0653. The maximum atomic E-state index is 13.9. The summed E-state index contributed by atoms with van der Waals surface area (Å²) in [5, 5.41) is 4.43. The van der Waals surface area contributed by atoms with Gasteiger partial charge in [0.05, 0.1) is 12.2 Å². The Bertz CT molecular complexity index is 1280. The molecule has 0 fully saturated rings. The van der Waals surface area contributed by atoms with Crippen molar-refractivity contribution in [3.8, 4) is 22.8 Å². The molecule has 28 heavy (non-hydrogen) atoms. The van der Waals surface area contributed by atoms with Crippen LogP contribution in [0.3, 0.4) is 0 Å². The summed E-state index contributed by atoms with van der Waals surface area (Å²) in [6, 6.07) is 10.4. The summed E-state index contributed by atoms with van der Waals surface area (Å²) in [4.78, 5) is 12.8. The molecule has 1 aliphatic heterocycles. The molecule has 5 rings (SSSR count). The molecule has 6 nitrogen and oxygen atoms in total. The average molecular weight is 381 g/mol. The van der Waals surface area contributed by atoms with Crippen LogP contribution in [0.15, 0.2) is 59.7 Å². The van der Waals surface area contributed by atoms with Crippen molar-refractivity contribution in [3.05, 3.63) is 82.4 Å². The summed E-state index contributed by atoms with van der Waals surface area (Å²) in [5.41, 5.74) is 1.62. The molecule has 8 heteroatoms. The highest BCUT2D eigenvalue weighted by Gasteiger charge is 2.16. The Kier molecular flexibility index (Phi) is 3.65. The van der Waals surface area contributed by atoms with Crippen LogP contribution in [0.1, 0.15) is 5.56 Å². The topological polar surface area (TPSA) is 57.8 Å². The summed E-state index contributed by atoms with van der Waals surface area (Å²) >= 11 is 0. The number of benzene rings is 2. The van der Waals surface area contributed by atoms with Crippen LogP contribution < -0.4 is 15.0 Å². The van der Waals surface area contributed by atoms with Gasteiger partial charge in [-0.25, -0.2) is 13.3 Å². The van der Waals surface area contributed by atoms with E-state index < -0.39 is 11.6 Å². The fourth-order valence-corrected chi connectivity index (χ4v) is 3.18. The van der Waals surface area contributed by atoms with Crippen LogP contribution in [0.5, 0.6) is 11.5 Å². The van der Waals surface area contributed by atoms with Crippen molar-refractivity contribution in [3.63, 3.8) is 0 Å². The lowest BCUT2D eigenvalue weighted by atomic mass is 10.1. The first kappa shape index (κ1) is 16.5. The largest absolute Gasteiger partial charge is 0.454 e. The van der Waals surface area contributed by atoms with Crippen LogP contribution in [0, 0.1) is 11.6 Å². The number of hydrogen-bond donors (Lipinski definition) is 0. The van der Waals surface area contributed by atoms with Gasteiger partial charge >= 0.3 is 0 Å². The highest BCUT2D eigenvalue weighted by Crippen LogP contribution is 2.35. The minimum absolute atomic E-state index is 0.00795. The van der Waals surface area contributed by atoms with Gasteiger partial charge in [0.1, 0.15) is 17.2 Å². The standard InChI is InChI=1S/C20H13F2N3O3/c21-14-3-1-13(15(22)8-14)10-24-5-6-25-17(20(24)26)9-16(23-25)12-2-4-18-19(7-12)28-11-27-18/h1-9H,10-11H2. The molecule has 0 unspecified atom stereocenters. The van der Waals surface area contributed by atoms with E-state index in [2.05, 4.69) is 5.10 Å². The Morgan fingerprint density at radius 3 is 2.71 bits per heavy atom. The molecular weight excluding hydrogens is 368 g/mol. The summed E-state index contributed by atoms with van der Waals surface area (Å²) in [7, 11) is 0. The van der Waals surface area contributed by atoms with Crippen LogP contribution in [-0.2, 0) is 6.54 Å². The quantitative estimate of drug-likeness (QED) is 0.547. The van der Waals surface area contributed by atoms with E-state index >= 15 is 0 Å². The molecule has 3 heterocycles. The van der Waals surface area contributed by atoms with E-state index in [1.165, 1.54) is 27.4 Å². The van der Waals surface area contributed by atoms with Gasteiger partial charge in [0.25, 0.3) is 5.56 Å². The van der Waals surface area contributed by atoms with Crippen LogP contribution in [0.4, 0.5) is 8.78 Å². The van der Waals surface area contributed by atoms with Gasteiger partial charge in [-0.15, -0.1) is 0 Å². The Labute approximate surface area is 157 Å². The van der Waals surface area contributed by atoms with Crippen LogP contribution >= 0.6 is 0 Å². The monoisotopic (exact) mass is 381 g/mol. The molecule has 0 spiro atoms. The third kappa shape index (κ3) is 2.70. The summed E-state index contributed by atoms with van der Waals surface area (Å²) in [6.07, 6.45) is 3.14. The molecule has 0 radical (unpaired) electrons. The van der Waals surface area contributed by atoms with E-state index in [4.69, 9.17) is 9.47 Å². The second-order valence-corrected chi connectivity index (χ2v) is 6.39. The predicted octanol–water partition coefficient (Wildman–Crippen LogP) is 3.22. The lowest BCUT2D eigenvalue weighted by Crippen LogP contribution is -2.22. The Morgan fingerprint density at radius 1 is 1.00 bits per heavy atom. The molecule has 2 aromatic carbocycles. The van der Waals surface area contributed by atoms with Gasteiger partial charge in [0, 0.05) is 29.6 Å². The van der Waals surface area contributed by atoms with E-state index in [0.29, 0.717) is 22.7 Å². The minimum Gasteiger partial charge on any atom is -0.454 e. The van der Waals surface area contributed by atoms with Crippen LogP contribution in [-0.4, -0.2) is 21.0 Å². The Morgan fingerprint density at radius 2 is 1.86 bits per heavy atom. The molecule has 0 bridgehead atoms. The van der Waals surface area contributed by atoms with Crippen molar-refractivity contribution in [1.29, 1.82) is 0 Å². The summed E-state index contributed by atoms with van der Waals surface area (Å²) < 4.78 is 40.5. The molecule has 0 saturated heterocycles. The SMILES string of the molecule is O=c1c2cc(-c3ccc4c(c3)OCO4)nn2ccn1Cc1ccc(F)cc1F. The maximum absolute atomic E-state index is 13.9. The minimum atomic E-state index is -0.693. The molecule has 140 valence electrons. The molecule has 0 aliphatic carbocycles. The second kappa shape index (κ2) is 6.19. The van der Waals surface area contributed by atoms with Gasteiger partial charge in [0.15, 0.2) is 11.5 Å². The number of aromatic nitrogens is 3. The van der Waals surface area contributed by atoms with Crippen LogP contribution in [0.2, 0.25) is 0 Å². The van der Waals surface area contributed by atoms with Crippen molar-refractivity contribution in [2.24, 2.45) is 0 Å². The lowest BCUT2D eigenvalue weighted by Gasteiger charge is -2.07. The third-order valence-electron chi connectivity index (χ3n) is 4.63. The van der Waals surface area contributed by atoms with E-state index in [0.717, 1.165) is 11.6 Å². The zero-order valence-electron chi connectivity index (χ0n) is 14.4. The van der Waals surface area contributed by atoms with Crippen molar-refractivity contribution < 1.29 is 18.3 Å². The fourth-order valence-electron chi connectivity index (χ4n) is 3.18. The predicted molar refractivity (Wildman–Crippen MR) is 96.5 cm³/mol. The number of hydrogen-bond acceptors (Lipinski definition) is 4. The third-order valence-corrected chi connectivity index (χ3v) is 4.63. The van der Waals surface area contributed by atoms with Gasteiger partial charge < -0.3 is 14.0 Å². The van der Waals surface area contributed by atoms with E-state index in [9.17, 15) is 13.6 Å². The highest BCUT2D eigenvalue weighted by atomic mass is 19.1. The number of rotatable bonds is 3. The Hall–Kier alpha value is -3.68. The van der Waals surface area contributed by atoms with Gasteiger partial charge in [-0.05, 0) is 30.3 Å². The molecule has 0 saturated carbocycles. The van der Waals surface area contributed by atoms with Crippen LogP contribution in [0.25, 0.3) is 16.8 Å². The van der Waals surface area contributed by atoms with Gasteiger partial charge in [-0.2, -0.15) is 5.10 Å². The number of nitrogens with zero attached hydrogens (tertiary/aromatic N) is 3. The van der Waals surface area contributed by atoms with Crippen molar-refractivity contribution in [1.82, 2.24) is 14.2 Å². The molecule has 0 atom stereocenters. The average Bonchev–Trinajstić information content (AvgIpc) is 3.32. The molecule has 0 amide bonds. The van der Waals surface area contributed by atoms with Gasteiger partial charge in [-0.1, -0.05) is 6.07 Å². The zero-order valence-corrected chi connectivity index (χ0v) is 14.4. The highest BCUT2D eigenvalue weighted by molar-refractivity contribution is 5.68. The van der Waals surface area contributed by atoms with Gasteiger partial charge in [-0.3, -0.25) is 4.79 Å². The number of ether oxygens (including phenoxy) is 2. The van der Waals surface area contributed by atoms with Crippen molar-refractivity contribution >= 4 is 5.52 Å². The van der Waals surface area contributed by atoms with E-state index in [1.54, 1.807) is 24.4 Å². The van der Waals surface area contributed by atoms with E-state index in [-0.39, 0.29) is 24.5 Å². The van der Waals surface area contributed by atoms with Crippen molar-refractivity contribution in [2.45, 2.75) is 6.54 Å². The molecule has 1 aliphatic rings. The molecule has 0 N–H and O–H groups in total. The molecule has 4 aromatic rings. The van der Waals surface area contributed by atoms with Crippen molar-refractivity contribution in [2.75, 3.05) is 6.79 Å². The molecule has 2 aromatic heterocycles. The van der Waals surface area contributed by atoms with Gasteiger partial charge in [0.2, 0.25) is 6.79 Å². The lowest BCUT2D eigenvalue weighted by molar-refractivity contribution is 0.174. The summed E-state index contributed by atoms with van der Waals surface area (Å²) in [6.45, 7) is 0.167. The molecular formula is C20H13F2N3O3. The zero-order chi connectivity index (χ0) is 19.3. The Balaban J connectivity index is 1.54. The number of fused-ring (bicyclic) bond motifs is 2. The first-order valence-corrected chi connectivity index (χ1v) is 8.51. The second-order valence-electron chi connectivity index (χ2n) is 6.39. The maximum Gasteiger partial charge on any atom is 0.276 e. The van der Waals surface area contributed by atoms with E-state index in [1.807, 2.05) is 6.07 Å². The number of halogens is 2. The smallest absolute Gasteiger partial charge is 0.276 e. The normalized spacial score (nSPS) is 12.6. The first-order valence-electron chi connectivity index (χ1n) is 8.51. The fraction of sp³-hybridized carbons (Fsp3) is 0.100. The first-order chi connectivity index (χ1) is 13.6.